The Morgan fingerprint density at radius 3 is 2.61 bits per heavy atom. The monoisotopic (exact) mass is 458 g/mol. The van der Waals surface area contributed by atoms with E-state index < -0.39 is 0 Å². The molecular weight excluding hydrogens is 412 g/mol. The summed E-state index contributed by atoms with van der Waals surface area (Å²) in [6, 6.07) is 0. The molecule has 1 aliphatic heterocycles. The highest BCUT2D eigenvalue weighted by molar-refractivity contribution is 5.83. The molecule has 4 aliphatic carbocycles. The Balaban J connectivity index is 1.29. The molecule has 0 aromatic carbocycles. The maximum atomic E-state index is 13.7. The Morgan fingerprint density at radius 2 is 1.85 bits per heavy atom. The largest absolute Gasteiger partial charge is 0.353 e. The fourth-order valence-electron chi connectivity index (χ4n) is 9.56. The van der Waals surface area contributed by atoms with Gasteiger partial charge < -0.3 is 14.3 Å². The molecule has 0 amide bonds. The molecule has 33 heavy (non-hydrogen) atoms. The summed E-state index contributed by atoms with van der Waals surface area (Å²) in [7, 11) is 0. The summed E-state index contributed by atoms with van der Waals surface area (Å²) >= 11 is 0. The van der Waals surface area contributed by atoms with Crippen LogP contribution < -0.4 is 0 Å². The van der Waals surface area contributed by atoms with Gasteiger partial charge in [0.2, 0.25) is 0 Å². The molecular formula is C29H46O4. The van der Waals surface area contributed by atoms with Crippen LogP contribution in [0, 0.1) is 46.3 Å². The third-order valence-corrected chi connectivity index (χ3v) is 11.4. The van der Waals surface area contributed by atoms with Crippen LogP contribution in [0.15, 0.2) is 0 Å². The van der Waals surface area contributed by atoms with Crippen molar-refractivity contribution in [3.63, 3.8) is 0 Å². The topological polar surface area (TPSA) is 52.6 Å². The second kappa shape index (κ2) is 9.37. The molecule has 10 atom stereocenters. The first kappa shape index (κ1) is 24.0. The van der Waals surface area contributed by atoms with E-state index in [-0.39, 0.29) is 29.1 Å². The second-order valence-corrected chi connectivity index (χ2v) is 12.9. The number of carbonyl (C=O) groups excluding carboxylic acids is 2. The predicted molar refractivity (Wildman–Crippen MR) is 129 cm³/mol. The number of ether oxygens (including phenoxy) is 2. The summed E-state index contributed by atoms with van der Waals surface area (Å²) in [6.07, 6.45) is 15.4. The molecule has 186 valence electrons. The van der Waals surface area contributed by atoms with E-state index in [0.717, 1.165) is 51.4 Å². The molecule has 0 N–H and O–H groups in total. The van der Waals surface area contributed by atoms with Gasteiger partial charge in [-0.15, -0.1) is 0 Å². The maximum Gasteiger partial charge on any atom is 0.157 e. The van der Waals surface area contributed by atoms with Gasteiger partial charge in [0.1, 0.15) is 12.1 Å². The Kier molecular flexibility index (Phi) is 6.81. The van der Waals surface area contributed by atoms with Crippen LogP contribution in [-0.4, -0.2) is 31.1 Å². The number of hydrogen-bond donors (Lipinski definition) is 0. The van der Waals surface area contributed by atoms with E-state index in [1.165, 1.54) is 38.5 Å². The van der Waals surface area contributed by atoms with Crippen molar-refractivity contribution in [3.05, 3.63) is 0 Å². The molecule has 5 aliphatic rings. The van der Waals surface area contributed by atoms with Gasteiger partial charge in [-0.05, 0) is 111 Å². The first-order chi connectivity index (χ1) is 15.9. The Labute approximate surface area is 200 Å². The van der Waals surface area contributed by atoms with Crippen LogP contribution in [0.2, 0.25) is 0 Å². The third kappa shape index (κ3) is 4.15. The summed E-state index contributed by atoms with van der Waals surface area (Å²) in [6.45, 7) is 8.21. The van der Waals surface area contributed by atoms with E-state index in [1.54, 1.807) is 0 Å². The van der Waals surface area contributed by atoms with Crippen molar-refractivity contribution in [1.29, 1.82) is 0 Å². The minimum absolute atomic E-state index is 0.0211. The molecule has 6 unspecified atom stereocenters. The summed E-state index contributed by atoms with van der Waals surface area (Å²) in [5.41, 5.74) is 0.565. The molecule has 4 heteroatoms. The fraction of sp³-hybridized carbons (Fsp3) is 0.931. The van der Waals surface area contributed by atoms with Crippen molar-refractivity contribution in [1.82, 2.24) is 0 Å². The maximum absolute atomic E-state index is 13.7. The molecule has 1 saturated heterocycles. The number of ketones is 1. The minimum Gasteiger partial charge on any atom is -0.353 e. The molecule has 0 aromatic rings. The van der Waals surface area contributed by atoms with Crippen molar-refractivity contribution in [3.8, 4) is 0 Å². The van der Waals surface area contributed by atoms with Crippen LogP contribution in [-0.2, 0) is 19.1 Å². The van der Waals surface area contributed by atoms with Gasteiger partial charge in [-0.25, -0.2) is 0 Å². The molecule has 1 heterocycles. The highest BCUT2D eigenvalue weighted by atomic mass is 16.7. The lowest BCUT2D eigenvalue weighted by molar-refractivity contribution is -0.211. The molecule has 4 nitrogen and oxygen atoms in total. The highest BCUT2D eigenvalue weighted by Crippen LogP contribution is 2.67. The van der Waals surface area contributed by atoms with Gasteiger partial charge in [0, 0.05) is 25.4 Å². The molecule has 5 fully saturated rings. The molecule has 0 radical (unpaired) electrons. The fourth-order valence-corrected chi connectivity index (χ4v) is 9.56. The van der Waals surface area contributed by atoms with Crippen LogP contribution >= 0.6 is 0 Å². The smallest absolute Gasteiger partial charge is 0.157 e. The van der Waals surface area contributed by atoms with Crippen LogP contribution in [0.3, 0.4) is 0 Å². The second-order valence-electron chi connectivity index (χ2n) is 12.9. The first-order valence-electron chi connectivity index (χ1n) is 14.1. The van der Waals surface area contributed by atoms with Gasteiger partial charge in [-0.3, -0.25) is 4.79 Å². The SMILES string of the molecule is C[C@H](CCC=O)C1CCC2C3C(=O)CC4C[C@H](OC5CCCCO5)CC[C@]4(C)C3CC[C@@]21C. The molecule has 5 rings (SSSR count). The van der Waals surface area contributed by atoms with Gasteiger partial charge in [0.15, 0.2) is 6.29 Å². The third-order valence-electron chi connectivity index (χ3n) is 11.4. The van der Waals surface area contributed by atoms with Gasteiger partial charge in [-0.2, -0.15) is 0 Å². The van der Waals surface area contributed by atoms with E-state index >= 15 is 0 Å². The summed E-state index contributed by atoms with van der Waals surface area (Å²) in [5.74, 6) is 3.66. The van der Waals surface area contributed by atoms with Gasteiger partial charge in [-0.1, -0.05) is 20.8 Å². The Morgan fingerprint density at radius 1 is 1.06 bits per heavy atom. The highest BCUT2D eigenvalue weighted by Gasteiger charge is 2.63. The van der Waals surface area contributed by atoms with Gasteiger partial charge in [0.05, 0.1) is 6.10 Å². The average Bonchev–Trinajstić information content (AvgIpc) is 3.16. The quantitative estimate of drug-likeness (QED) is 0.344. The van der Waals surface area contributed by atoms with Crippen LogP contribution in [0.5, 0.6) is 0 Å². The van der Waals surface area contributed by atoms with Crippen molar-refractivity contribution in [2.45, 2.75) is 117 Å². The van der Waals surface area contributed by atoms with Crippen LogP contribution in [0.25, 0.3) is 0 Å². The van der Waals surface area contributed by atoms with Gasteiger partial charge >= 0.3 is 0 Å². The van der Waals surface area contributed by atoms with E-state index in [1.807, 2.05) is 0 Å². The summed E-state index contributed by atoms with van der Waals surface area (Å²) in [4.78, 5) is 24.7. The first-order valence-corrected chi connectivity index (χ1v) is 14.1. The van der Waals surface area contributed by atoms with Gasteiger partial charge in [0.25, 0.3) is 0 Å². The zero-order chi connectivity index (χ0) is 23.2. The minimum atomic E-state index is -0.0211. The average molecular weight is 459 g/mol. The van der Waals surface area contributed by atoms with E-state index in [0.29, 0.717) is 41.8 Å². The number of hydrogen-bond acceptors (Lipinski definition) is 4. The molecule has 4 saturated carbocycles. The van der Waals surface area contributed by atoms with E-state index in [9.17, 15) is 9.59 Å². The predicted octanol–water partition coefficient (Wildman–Crippen LogP) is 6.35. The molecule has 0 spiro atoms. The van der Waals surface area contributed by atoms with Crippen molar-refractivity contribution in [2.24, 2.45) is 46.3 Å². The number of fused-ring (bicyclic) bond motifs is 5. The Bertz CT molecular complexity index is 729. The lowest BCUT2D eigenvalue weighted by Gasteiger charge is -2.60. The summed E-state index contributed by atoms with van der Waals surface area (Å²) in [5, 5.41) is 0. The normalized spacial score (nSPS) is 48.5. The molecule has 0 bridgehead atoms. The van der Waals surface area contributed by atoms with Crippen LogP contribution in [0.4, 0.5) is 0 Å². The molecule has 0 aromatic heterocycles. The number of aldehydes is 1. The van der Waals surface area contributed by atoms with E-state index in [4.69, 9.17) is 9.47 Å². The summed E-state index contributed by atoms with van der Waals surface area (Å²) < 4.78 is 12.2. The van der Waals surface area contributed by atoms with Crippen molar-refractivity contribution < 1.29 is 19.1 Å². The number of rotatable bonds is 6. The number of carbonyl (C=O) groups is 2. The Hall–Kier alpha value is -0.740. The zero-order valence-corrected chi connectivity index (χ0v) is 21.2. The standard InChI is InChI=1S/C29H46O4/c1-19(7-6-15-30)22-9-10-23-27-24(12-14-29(22,23)3)28(2)13-11-21(17-20(28)18-25(27)31)33-26-8-4-5-16-32-26/h15,19-24,26-27H,4-14,16-18H2,1-3H3/t19-,20?,21-,22?,23?,24?,26?,27?,28+,29-/m1/s1. The lowest BCUT2D eigenvalue weighted by Crippen LogP contribution is -2.57. The van der Waals surface area contributed by atoms with Crippen molar-refractivity contribution in [2.75, 3.05) is 6.61 Å². The number of Topliss-reactive ketones (excluding diaryl/α,β-unsaturated/α-hetero) is 1. The van der Waals surface area contributed by atoms with Crippen LogP contribution in [0.1, 0.15) is 104 Å². The van der Waals surface area contributed by atoms with Crippen molar-refractivity contribution >= 4 is 12.1 Å². The lowest BCUT2D eigenvalue weighted by atomic mass is 9.44. The van der Waals surface area contributed by atoms with E-state index in [2.05, 4.69) is 20.8 Å². The zero-order valence-electron chi connectivity index (χ0n) is 21.2.